The molecule has 112 valence electrons. The lowest BCUT2D eigenvalue weighted by atomic mass is 9.77. The molecule has 0 saturated heterocycles. The van der Waals surface area contributed by atoms with Crippen LogP contribution in [0.5, 0.6) is 11.5 Å². The highest BCUT2D eigenvalue weighted by Gasteiger charge is 2.28. The smallest absolute Gasteiger partial charge is 0.127 e. The van der Waals surface area contributed by atoms with Crippen LogP contribution < -0.4 is 0 Å². The van der Waals surface area contributed by atoms with Gasteiger partial charge in [-0.1, -0.05) is 49.8 Å². The molecule has 2 nitrogen and oxygen atoms in total. The topological polar surface area (TPSA) is 40.5 Å². The SMILES string of the molecule is CC(C)=CCC(C)(C)c1c(C)c(O)c2ccccc2c1O. The van der Waals surface area contributed by atoms with Crippen molar-refractivity contribution in [2.24, 2.45) is 0 Å². The van der Waals surface area contributed by atoms with E-state index < -0.39 is 0 Å². The molecule has 0 saturated carbocycles. The van der Waals surface area contributed by atoms with E-state index in [0.29, 0.717) is 10.8 Å². The highest BCUT2D eigenvalue weighted by atomic mass is 16.3. The summed E-state index contributed by atoms with van der Waals surface area (Å²) in [6.45, 7) is 10.2. The Kier molecular flexibility index (Phi) is 3.99. The van der Waals surface area contributed by atoms with Crippen molar-refractivity contribution in [1.82, 2.24) is 0 Å². The molecule has 0 atom stereocenters. The summed E-state index contributed by atoms with van der Waals surface area (Å²) in [6, 6.07) is 7.44. The Morgan fingerprint density at radius 1 is 1.05 bits per heavy atom. The standard InChI is InChI=1S/C19H24O2/c1-12(2)10-11-19(4,5)16-13(3)17(20)14-8-6-7-9-15(14)18(16)21/h6-10,20-21H,11H2,1-5H3. The summed E-state index contributed by atoms with van der Waals surface area (Å²) in [6.07, 6.45) is 2.99. The van der Waals surface area contributed by atoms with Crippen LogP contribution in [0.3, 0.4) is 0 Å². The number of allylic oxidation sites excluding steroid dienone is 2. The van der Waals surface area contributed by atoms with Crippen molar-refractivity contribution >= 4 is 10.8 Å². The molecular formula is C19H24O2. The van der Waals surface area contributed by atoms with Crippen molar-refractivity contribution in [2.45, 2.75) is 46.5 Å². The van der Waals surface area contributed by atoms with Crippen LogP contribution in [0.15, 0.2) is 35.9 Å². The Morgan fingerprint density at radius 2 is 1.57 bits per heavy atom. The fourth-order valence-corrected chi connectivity index (χ4v) is 2.92. The fourth-order valence-electron chi connectivity index (χ4n) is 2.92. The van der Waals surface area contributed by atoms with Crippen molar-refractivity contribution in [2.75, 3.05) is 0 Å². The fraction of sp³-hybridized carbons (Fsp3) is 0.368. The van der Waals surface area contributed by atoms with Crippen molar-refractivity contribution in [3.05, 3.63) is 47.0 Å². The number of aromatic hydroxyl groups is 2. The molecule has 0 radical (unpaired) electrons. The molecular weight excluding hydrogens is 260 g/mol. The zero-order chi connectivity index (χ0) is 15.8. The van der Waals surface area contributed by atoms with Gasteiger partial charge in [0.05, 0.1) is 0 Å². The quantitative estimate of drug-likeness (QED) is 0.601. The highest BCUT2D eigenvalue weighted by Crippen LogP contribution is 2.45. The van der Waals surface area contributed by atoms with Gasteiger partial charge in [-0.25, -0.2) is 0 Å². The van der Waals surface area contributed by atoms with Crippen LogP contribution in [0.1, 0.15) is 45.2 Å². The zero-order valence-electron chi connectivity index (χ0n) is 13.5. The molecule has 0 aliphatic rings. The van der Waals surface area contributed by atoms with Gasteiger partial charge in [-0.05, 0) is 38.2 Å². The number of rotatable bonds is 3. The van der Waals surface area contributed by atoms with E-state index in [1.165, 1.54) is 5.57 Å². The van der Waals surface area contributed by atoms with Gasteiger partial charge in [0.1, 0.15) is 11.5 Å². The summed E-state index contributed by atoms with van der Waals surface area (Å²) >= 11 is 0. The second-order valence-corrected chi connectivity index (χ2v) is 6.61. The summed E-state index contributed by atoms with van der Waals surface area (Å²) in [4.78, 5) is 0. The van der Waals surface area contributed by atoms with Gasteiger partial charge in [-0.15, -0.1) is 0 Å². The van der Waals surface area contributed by atoms with E-state index in [0.717, 1.165) is 17.5 Å². The number of phenolic OH excluding ortho intramolecular Hbond substituents is 2. The molecule has 0 spiro atoms. The molecule has 0 fully saturated rings. The van der Waals surface area contributed by atoms with Crippen LogP contribution in [0, 0.1) is 6.92 Å². The second-order valence-electron chi connectivity index (χ2n) is 6.61. The van der Waals surface area contributed by atoms with Crippen molar-refractivity contribution in [3.63, 3.8) is 0 Å². The van der Waals surface area contributed by atoms with E-state index in [-0.39, 0.29) is 16.9 Å². The normalized spacial score (nSPS) is 11.7. The zero-order valence-corrected chi connectivity index (χ0v) is 13.5. The minimum Gasteiger partial charge on any atom is -0.507 e. The molecule has 0 aromatic heterocycles. The van der Waals surface area contributed by atoms with Crippen LogP contribution in [-0.2, 0) is 5.41 Å². The van der Waals surface area contributed by atoms with Gasteiger partial charge in [0.15, 0.2) is 0 Å². The van der Waals surface area contributed by atoms with Gasteiger partial charge in [0.2, 0.25) is 0 Å². The Hall–Kier alpha value is -1.96. The number of benzene rings is 2. The summed E-state index contributed by atoms with van der Waals surface area (Å²) < 4.78 is 0. The Morgan fingerprint density at radius 3 is 2.10 bits per heavy atom. The summed E-state index contributed by atoms with van der Waals surface area (Å²) in [5.41, 5.74) is 2.60. The predicted molar refractivity (Wildman–Crippen MR) is 89.1 cm³/mol. The summed E-state index contributed by atoms with van der Waals surface area (Å²) in [5.74, 6) is 0.553. The molecule has 2 N–H and O–H groups in total. The molecule has 2 aromatic carbocycles. The second kappa shape index (κ2) is 5.44. The van der Waals surface area contributed by atoms with Gasteiger partial charge in [0, 0.05) is 16.3 Å². The van der Waals surface area contributed by atoms with E-state index in [9.17, 15) is 10.2 Å². The highest BCUT2D eigenvalue weighted by molar-refractivity contribution is 5.95. The Balaban J connectivity index is 2.72. The number of hydrogen-bond acceptors (Lipinski definition) is 2. The number of fused-ring (bicyclic) bond motifs is 1. The van der Waals surface area contributed by atoms with Crippen molar-refractivity contribution in [3.8, 4) is 11.5 Å². The first kappa shape index (κ1) is 15.4. The Labute approximate surface area is 126 Å². The van der Waals surface area contributed by atoms with Crippen LogP contribution in [0.25, 0.3) is 10.8 Å². The maximum atomic E-state index is 10.7. The van der Waals surface area contributed by atoms with E-state index in [4.69, 9.17) is 0 Å². The number of hydrogen-bond donors (Lipinski definition) is 2. The largest absolute Gasteiger partial charge is 0.507 e. The summed E-state index contributed by atoms with van der Waals surface area (Å²) in [7, 11) is 0. The molecule has 0 unspecified atom stereocenters. The molecule has 0 aliphatic carbocycles. The average molecular weight is 284 g/mol. The van der Waals surface area contributed by atoms with E-state index in [2.05, 4.69) is 33.8 Å². The lowest BCUT2D eigenvalue weighted by Crippen LogP contribution is -2.18. The third kappa shape index (κ3) is 2.76. The van der Waals surface area contributed by atoms with Gasteiger partial charge in [-0.2, -0.15) is 0 Å². The van der Waals surface area contributed by atoms with Gasteiger partial charge in [-0.3, -0.25) is 0 Å². The minimum absolute atomic E-state index is 0.243. The molecule has 21 heavy (non-hydrogen) atoms. The molecule has 2 heteroatoms. The van der Waals surface area contributed by atoms with Gasteiger partial charge < -0.3 is 10.2 Å². The molecule has 0 amide bonds. The van der Waals surface area contributed by atoms with Crippen LogP contribution in [0.2, 0.25) is 0 Å². The van der Waals surface area contributed by atoms with Crippen molar-refractivity contribution < 1.29 is 10.2 Å². The molecule has 0 bridgehead atoms. The van der Waals surface area contributed by atoms with E-state index in [1.54, 1.807) is 0 Å². The maximum absolute atomic E-state index is 10.7. The molecule has 2 rings (SSSR count). The first-order chi connectivity index (χ1) is 9.75. The monoisotopic (exact) mass is 284 g/mol. The van der Waals surface area contributed by atoms with Crippen LogP contribution in [-0.4, -0.2) is 10.2 Å². The molecule has 2 aromatic rings. The first-order valence-corrected chi connectivity index (χ1v) is 7.33. The lowest BCUT2D eigenvalue weighted by Gasteiger charge is -2.28. The van der Waals surface area contributed by atoms with E-state index in [1.807, 2.05) is 31.2 Å². The van der Waals surface area contributed by atoms with Crippen LogP contribution in [0.4, 0.5) is 0 Å². The Bertz CT molecular complexity index is 705. The van der Waals surface area contributed by atoms with Crippen LogP contribution >= 0.6 is 0 Å². The third-order valence-corrected chi connectivity index (χ3v) is 4.10. The third-order valence-electron chi connectivity index (χ3n) is 4.10. The number of phenols is 2. The van der Waals surface area contributed by atoms with Gasteiger partial charge >= 0.3 is 0 Å². The lowest BCUT2D eigenvalue weighted by molar-refractivity contribution is 0.429. The molecule has 0 aliphatic heterocycles. The average Bonchev–Trinajstić information content (AvgIpc) is 2.43. The predicted octanol–water partition coefficient (Wildman–Crippen LogP) is 5.19. The molecule has 0 heterocycles. The maximum Gasteiger partial charge on any atom is 0.127 e. The van der Waals surface area contributed by atoms with Gasteiger partial charge in [0.25, 0.3) is 0 Å². The summed E-state index contributed by atoms with van der Waals surface area (Å²) in [5, 5.41) is 22.6. The van der Waals surface area contributed by atoms with Crippen molar-refractivity contribution in [1.29, 1.82) is 0 Å². The first-order valence-electron chi connectivity index (χ1n) is 7.33. The minimum atomic E-state index is -0.243. The van der Waals surface area contributed by atoms with E-state index >= 15 is 0 Å².